The number of hydrogen-bond donors (Lipinski definition) is 2. The van der Waals surface area contributed by atoms with Crippen LogP contribution < -0.4 is 10.2 Å². The molecule has 1 aliphatic heterocycles. The molecule has 0 saturated heterocycles. The van der Waals surface area contributed by atoms with Gasteiger partial charge in [-0.2, -0.15) is 13.2 Å². The second-order valence-corrected chi connectivity index (χ2v) is 7.55. The Balaban J connectivity index is 1.57. The highest BCUT2D eigenvalue weighted by Gasteiger charge is 2.34. The Hall–Kier alpha value is -3.64. The molecule has 0 radical (unpaired) electrons. The predicted molar refractivity (Wildman–Crippen MR) is 115 cm³/mol. The number of alkyl halides is 3. The molecule has 2 heterocycles. The van der Waals surface area contributed by atoms with Gasteiger partial charge in [-0.1, -0.05) is 18.2 Å². The number of anilines is 3. The molecule has 4 rings (SSSR count). The first-order valence-electron chi connectivity index (χ1n) is 9.97. The Morgan fingerprint density at radius 1 is 1.16 bits per heavy atom. The van der Waals surface area contributed by atoms with Crippen LogP contribution in [0.3, 0.4) is 0 Å². The maximum atomic E-state index is 13.3. The molecule has 1 unspecified atom stereocenters. The van der Waals surface area contributed by atoms with Crippen LogP contribution in [0.5, 0.6) is 0 Å². The van der Waals surface area contributed by atoms with E-state index in [1.165, 1.54) is 18.5 Å². The van der Waals surface area contributed by atoms with E-state index in [0.29, 0.717) is 31.0 Å². The molecule has 1 aromatic heterocycles. The van der Waals surface area contributed by atoms with Gasteiger partial charge >= 0.3 is 6.18 Å². The van der Waals surface area contributed by atoms with Crippen molar-refractivity contribution in [2.75, 3.05) is 16.8 Å². The molecular formula is C23H20F3N5O. The largest absolute Gasteiger partial charge is 0.407 e. The van der Waals surface area contributed by atoms with E-state index in [9.17, 15) is 18.3 Å². The zero-order valence-corrected chi connectivity index (χ0v) is 17.2. The summed E-state index contributed by atoms with van der Waals surface area (Å²) >= 11 is 0. The average molecular weight is 439 g/mol. The molecule has 0 spiro atoms. The van der Waals surface area contributed by atoms with Gasteiger partial charge in [-0.05, 0) is 43.2 Å². The van der Waals surface area contributed by atoms with E-state index in [2.05, 4.69) is 20.1 Å². The minimum atomic E-state index is -4.59. The smallest absolute Gasteiger partial charge is 0.389 e. The Kier molecular flexibility index (Phi) is 5.72. The van der Waals surface area contributed by atoms with Gasteiger partial charge < -0.3 is 15.3 Å². The number of fused-ring (bicyclic) bond motifs is 1. The van der Waals surface area contributed by atoms with Crippen LogP contribution in [0.15, 0.2) is 48.8 Å². The molecule has 1 aliphatic rings. The van der Waals surface area contributed by atoms with Crippen molar-refractivity contribution >= 4 is 22.9 Å². The van der Waals surface area contributed by atoms with E-state index < -0.39 is 23.5 Å². The highest BCUT2D eigenvalue weighted by Crippen LogP contribution is 2.39. The monoisotopic (exact) mass is 439 g/mol. The number of aliphatic hydroxyl groups is 1. The summed E-state index contributed by atoms with van der Waals surface area (Å²) < 4.78 is 40.0. The van der Waals surface area contributed by atoms with Gasteiger partial charge in [-0.3, -0.25) is 0 Å². The lowest BCUT2D eigenvalue weighted by Crippen LogP contribution is -2.32. The maximum Gasteiger partial charge on any atom is 0.407 e. The van der Waals surface area contributed by atoms with E-state index in [1.807, 2.05) is 29.2 Å². The summed E-state index contributed by atoms with van der Waals surface area (Å²) in [6.07, 6.45) is -3.16. The third-order valence-electron chi connectivity index (χ3n) is 5.43. The normalized spacial score (nSPS) is 14.4. The molecule has 1 atom stereocenters. The number of nitrogens with zero attached hydrogens (tertiary/aromatic N) is 4. The SMILES string of the molecule is [C-]#[N+]c1ccc(N2CCc3c(ncnc3Nc3ccc(C(C)O)cc3)C2)cc1C(F)(F)F. The lowest BCUT2D eigenvalue weighted by atomic mass is 10.0. The van der Waals surface area contributed by atoms with Crippen molar-refractivity contribution in [2.45, 2.75) is 32.2 Å². The molecule has 3 aromatic rings. The van der Waals surface area contributed by atoms with E-state index in [1.54, 1.807) is 6.92 Å². The van der Waals surface area contributed by atoms with Gasteiger partial charge in [0.2, 0.25) is 0 Å². The summed E-state index contributed by atoms with van der Waals surface area (Å²) in [6.45, 7) is 9.52. The molecule has 0 saturated carbocycles. The maximum absolute atomic E-state index is 13.3. The number of rotatable bonds is 4. The van der Waals surface area contributed by atoms with Crippen molar-refractivity contribution in [3.8, 4) is 0 Å². The van der Waals surface area contributed by atoms with Crippen LogP contribution in [0.25, 0.3) is 4.85 Å². The fraction of sp³-hybridized carbons (Fsp3) is 0.261. The van der Waals surface area contributed by atoms with Crippen molar-refractivity contribution in [3.05, 3.63) is 82.6 Å². The topological polar surface area (TPSA) is 65.6 Å². The highest BCUT2D eigenvalue weighted by atomic mass is 19.4. The zero-order chi connectivity index (χ0) is 22.9. The molecule has 2 aromatic carbocycles. The van der Waals surface area contributed by atoms with E-state index in [0.717, 1.165) is 28.6 Å². The first kappa shape index (κ1) is 21.6. The summed E-state index contributed by atoms with van der Waals surface area (Å²) in [5.41, 5.74) is 2.32. The first-order chi connectivity index (χ1) is 15.3. The lowest BCUT2D eigenvalue weighted by molar-refractivity contribution is -0.136. The molecule has 6 nitrogen and oxygen atoms in total. The molecule has 164 valence electrons. The van der Waals surface area contributed by atoms with Crippen molar-refractivity contribution in [3.63, 3.8) is 0 Å². The summed E-state index contributed by atoms with van der Waals surface area (Å²) in [7, 11) is 0. The van der Waals surface area contributed by atoms with Gasteiger partial charge in [0.25, 0.3) is 0 Å². The molecule has 0 bridgehead atoms. The van der Waals surface area contributed by atoms with Gasteiger partial charge in [0.15, 0.2) is 5.69 Å². The molecule has 32 heavy (non-hydrogen) atoms. The Bertz CT molecular complexity index is 1170. The summed E-state index contributed by atoms with van der Waals surface area (Å²) in [6, 6.07) is 11.1. The first-order valence-corrected chi connectivity index (χ1v) is 9.97. The van der Waals surface area contributed by atoms with Crippen molar-refractivity contribution in [2.24, 2.45) is 0 Å². The van der Waals surface area contributed by atoms with Crippen LogP contribution in [-0.4, -0.2) is 21.6 Å². The van der Waals surface area contributed by atoms with Crippen LogP contribution in [0, 0.1) is 6.57 Å². The van der Waals surface area contributed by atoms with Crippen LogP contribution in [0.1, 0.15) is 35.4 Å². The summed E-state index contributed by atoms with van der Waals surface area (Å²) in [5.74, 6) is 0.652. The van der Waals surface area contributed by atoms with Gasteiger partial charge in [-0.25, -0.2) is 14.8 Å². The number of halogens is 3. The fourth-order valence-electron chi connectivity index (χ4n) is 3.71. The van der Waals surface area contributed by atoms with Crippen LogP contribution in [0.2, 0.25) is 0 Å². The van der Waals surface area contributed by atoms with E-state index in [4.69, 9.17) is 6.57 Å². The van der Waals surface area contributed by atoms with Crippen LogP contribution >= 0.6 is 0 Å². The number of aromatic nitrogens is 2. The Morgan fingerprint density at radius 2 is 1.91 bits per heavy atom. The lowest BCUT2D eigenvalue weighted by Gasteiger charge is -2.31. The minimum absolute atomic E-state index is 0.335. The number of nitrogens with one attached hydrogen (secondary N) is 1. The highest BCUT2D eigenvalue weighted by molar-refractivity contribution is 5.65. The van der Waals surface area contributed by atoms with Crippen molar-refractivity contribution in [1.82, 2.24) is 9.97 Å². The zero-order valence-electron chi connectivity index (χ0n) is 17.2. The quantitative estimate of drug-likeness (QED) is 0.533. The van der Waals surface area contributed by atoms with Crippen LogP contribution in [-0.2, 0) is 19.1 Å². The Morgan fingerprint density at radius 3 is 2.56 bits per heavy atom. The molecule has 9 heteroatoms. The Labute approximate surface area is 183 Å². The predicted octanol–water partition coefficient (Wildman–Crippen LogP) is 5.41. The summed E-state index contributed by atoms with van der Waals surface area (Å²) in [5, 5.41) is 12.9. The van der Waals surface area contributed by atoms with Gasteiger partial charge in [-0.15, -0.1) is 0 Å². The van der Waals surface area contributed by atoms with Gasteiger partial charge in [0, 0.05) is 23.5 Å². The second kappa shape index (κ2) is 8.48. The fourth-order valence-corrected chi connectivity index (χ4v) is 3.71. The minimum Gasteiger partial charge on any atom is -0.389 e. The number of hydrogen-bond acceptors (Lipinski definition) is 5. The molecule has 0 fully saturated rings. The third kappa shape index (κ3) is 4.36. The molecule has 0 amide bonds. The third-order valence-corrected chi connectivity index (χ3v) is 5.43. The summed E-state index contributed by atoms with van der Waals surface area (Å²) in [4.78, 5) is 13.5. The standard InChI is InChI=1S/C23H20F3N5O/c1-14(32)15-3-5-16(6-4-15)30-22-18-9-10-31(12-21(18)28-13-29-22)17-7-8-20(27-2)19(11-17)23(24,25)26/h3-8,11,13-14,32H,9-10,12H2,1H3,(H,28,29,30). The molecular weight excluding hydrogens is 419 g/mol. The number of benzene rings is 2. The van der Waals surface area contributed by atoms with Gasteiger partial charge in [0.05, 0.1) is 30.5 Å². The number of aliphatic hydroxyl groups excluding tert-OH is 1. The van der Waals surface area contributed by atoms with Crippen molar-refractivity contribution < 1.29 is 18.3 Å². The van der Waals surface area contributed by atoms with E-state index in [-0.39, 0.29) is 0 Å². The molecule has 0 aliphatic carbocycles. The second-order valence-electron chi connectivity index (χ2n) is 7.55. The average Bonchev–Trinajstić information content (AvgIpc) is 2.78. The van der Waals surface area contributed by atoms with Crippen LogP contribution in [0.4, 0.5) is 36.1 Å². The van der Waals surface area contributed by atoms with E-state index >= 15 is 0 Å². The molecule has 2 N–H and O–H groups in total. The van der Waals surface area contributed by atoms with Gasteiger partial charge in [0.1, 0.15) is 12.1 Å². The van der Waals surface area contributed by atoms with Crippen molar-refractivity contribution in [1.29, 1.82) is 0 Å².